The minimum Gasteiger partial charge on any atom is -0.494 e. The van der Waals surface area contributed by atoms with Gasteiger partial charge < -0.3 is 15.4 Å². The van der Waals surface area contributed by atoms with Crippen molar-refractivity contribution in [1.82, 2.24) is 4.98 Å². The van der Waals surface area contributed by atoms with E-state index in [1.54, 1.807) is 12.3 Å². The number of rotatable bonds is 6. The molecule has 0 radical (unpaired) electrons. The van der Waals surface area contributed by atoms with Gasteiger partial charge in [-0.25, -0.2) is 4.98 Å². The second-order valence-corrected chi connectivity index (χ2v) is 6.27. The van der Waals surface area contributed by atoms with Crippen molar-refractivity contribution in [1.29, 1.82) is 0 Å². The molecule has 27 heavy (non-hydrogen) atoms. The third kappa shape index (κ3) is 4.85. The smallest absolute Gasteiger partial charge is 0.274 e. The summed E-state index contributed by atoms with van der Waals surface area (Å²) in [5, 5.41) is 6.13. The molecule has 0 aliphatic heterocycles. The van der Waals surface area contributed by atoms with Gasteiger partial charge in [0.1, 0.15) is 11.4 Å². The number of carbonyl (C=O) groups excluding carboxylic acids is 1. The number of ether oxygens (including phenoxy) is 1. The highest BCUT2D eigenvalue weighted by atomic mass is 16.5. The third-order valence-corrected chi connectivity index (χ3v) is 4.21. The normalized spacial score (nSPS) is 10.3. The fourth-order valence-corrected chi connectivity index (χ4v) is 2.58. The van der Waals surface area contributed by atoms with Crippen molar-refractivity contribution >= 4 is 23.0 Å². The Kier molecular flexibility index (Phi) is 5.71. The molecule has 0 atom stereocenters. The lowest BCUT2D eigenvalue weighted by Crippen LogP contribution is -2.13. The molecule has 1 amide bonds. The largest absolute Gasteiger partial charge is 0.494 e. The number of nitrogens with zero attached hydrogens (tertiary/aromatic N) is 1. The van der Waals surface area contributed by atoms with Gasteiger partial charge in [0.15, 0.2) is 0 Å². The maximum atomic E-state index is 12.4. The van der Waals surface area contributed by atoms with Crippen molar-refractivity contribution < 1.29 is 9.53 Å². The fourth-order valence-electron chi connectivity index (χ4n) is 2.58. The summed E-state index contributed by atoms with van der Waals surface area (Å²) in [4.78, 5) is 16.6. The summed E-state index contributed by atoms with van der Waals surface area (Å²) in [5.41, 5.74) is 5.19. The van der Waals surface area contributed by atoms with Gasteiger partial charge in [-0.2, -0.15) is 0 Å². The van der Waals surface area contributed by atoms with Crippen LogP contribution >= 0.6 is 0 Å². The number of hydrogen-bond acceptors (Lipinski definition) is 4. The van der Waals surface area contributed by atoms with E-state index in [1.165, 1.54) is 5.56 Å². The summed E-state index contributed by atoms with van der Waals surface area (Å²) in [5.74, 6) is 0.602. The third-order valence-electron chi connectivity index (χ3n) is 4.21. The van der Waals surface area contributed by atoms with Crippen molar-refractivity contribution in [2.45, 2.75) is 20.8 Å². The number of hydrogen-bond donors (Lipinski definition) is 2. The van der Waals surface area contributed by atoms with Gasteiger partial charge >= 0.3 is 0 Å². The first-order valence-electron chi connectivity index (χ1n) is 8.89. The van der Waals surface area contributed by atoms with E-state index in [4.69, 9.17) is 4.74 Å². The molecule has 1 aromatic heterocycles. The molecule has 0 unspecified atom stereocenters. The van der Waals surface area contributed by atoms with Crippen molar-refractivity contribution in [2.24, 2.45) is 0 Å². The summed E-state index contributed by atoms with van der Waals surface area (Å²) in [6.07, 6.45) is 1.64. The Morgan fingerprint density at radius 1 is 0.926 bits per heavy atom. The first-order chi connectivity index (χ1) is 13.0. The van der Waals surface area contributed by atoms with Gasteiger partial charge in [-0.3, -0.25) is 4.79 Å². The topological polar surface area (TPSA) is 63.2 Å². The molecule has 3 aromatic rings. The van der Waals surface area contributed by atoms with Crippen LogP contribution in [0.2, 0.25) is 0 Å². The fraction of sp³-hybridized carbons (Fsp3) is 0.182. The molecule has 2 aromatic carbocycles. The number of amides is 1. The maximum Gasteiger partial charge on any atom is 0.274 e. The Morgan fingerprint density at radius 3 is 2.26 bits per heavy atom. The van der Waals surface area contributed by atoms with Crippen LogP contribution in [0.4, 0.5) is 17.1 Å². The molecular formula is C22H23N3O2. The molecule has 0 aliphatic carbocycles. The van der Waals surface area contributed by atoms with E-state index in [-0.39, 0.29) is 5.91 Å². The standard InChI is InChI=1S/C22H23N3O2/c1-4-27-20-10-7-17(8-11-20)24-19-9-12-21(23-14-19)22(26)25-18-6-5-15(2)16(3)13-18/h5-14,24H,4H2,1-3H3,(H,25,26). The molecule has 3 rings (SSSR count). The monoisotopic (exact) mass is 361 g/mol. The van der Waals surface area contributed by atoms with E-state index in [9.17, 15) is 4.79 Å². The number of benzene rings is 2. The van der Waals surface area contributed by atoms with Crippen LogP contribution in [0.15, 0.2) is 60.8 Å². The van der Waals surface area contributed by atoms with E-state index in [0.717, 1.165) is 28.4 Å². The highest BCUT2D eigenvalue weighted by Gasteiger charge is 2.08. The number of aryl methyl sites for hydroxylation is 2. The van der Waals surface area contributed by atoms with Crippen LogP contribution < -0.4 is 15.4 Å². The minimum absolute atomic E-state index is 0.231. The van der Waals surface area contributed by atoms with Crippen LogP contribution in [0.1, 0.15) is 28.5 Å². The molecule has 0 saturated heterocycles. The Balaban J connectivity index is 1.63. The van der Waals surface area contributed by atoms with Crippen LogP contribution in [-0.4, -0.2) is 17.5 Å². The number of nitrogens with one attached hydrogen (secondary N) is 2. The Labute approximate surface area is 159 Å². The summed E-state index contributed by atoms with van der Waals surface area (Å²) in [7, 11) is 0. The zero-order chi connectivity index (χ0) is 19.2. The maximum absolute atomic E-state index is 12.4. The lowest BCUT2D eigenvalue weighted by atomic mass is 10.1. The molecule has 2 N–H and O–H groups in total. The van der Waals surface area contributed by atoms with Gasteiger partial charge in [-0.15, -0.1) is 0 Å². The lowest BCUT2D eigenvalue weighted by Gasteiger charge is -2.09. The molecule has 0 spiro atoms. The number of anilines is 3. The van der Waals surface area contributed by atoms with Gasteiger partial charge in [0.25, 0.3) is 5.91 Å². The SMILES string of the molecule is CCOc1ccc(Nc2ccc(C(=O)Nc3ccc(C)c(C)c3)nc2)cc1. The van der Waals surface area contributed by atoms with Crippen LogP contribution in [-0.2, 0) is 0 Å². The quantitative estimate of drug-likeness (QED) is 0.642. The second-order valence-electron chi connectivity index (χ2n) is 6.27. The Morgan fingerprint density at radius 2 is 1.63 bits per heavy atom. The van der Waals surface area contributed by atoms with Crippen LogP contribution in [0.25, 0.3) is 0 Å². The van der Waals surface area contributed by atoms with Crippen molar-refractivity contribution in [3.8, 4) is 5.75 Å². The first kappa shape index (κ1) is 18.5. The summed E-state index contributed by atoms with van der Waals surface area (Å²) in [6.45, 7) is 6.65. The number of carbonyl (C=O) groups is 1. The first-order valence-corrected chi connectivity index (χ1v) is 8.89. The van der Waals surface area contributed by atoms with Gasteiger partial charge in [0.2, 0.25) is 0 Å². The van der Waals surface area contributed by atoms with Gasteiger partial charge in [0, 0.05) is 11.4 Å². The number of aromatic nitrogens is 1. The van der Waals surface area contributed by atoms with Crippen LogP contribution in [0, 0.1) is 13.8 Å². The van der Waals surface area contributed by atoms with E-state index < -0.39 is 0 Å². The Bertz CT molecular complexity index is 919. The summed E-state index contributed by atoms with van der Waals surface area (Å²) >= 11 is 0. The molecule has 0 fully saturated rings. The van der Waals surface area contributed by atoms with Crippen molar-refractivity contribution in [3.63, 3.8) is 0 Å². The van der Waals surface area contributed by atoms with E-state index in [0.29, 0.717) is 12.3 Å². The van der Waals surface area contributed by atoms with E-state index in [1.807, 2.05) is 69.3 Å². The van der Waals surface area contributed by atoms with E-state index in [2.05, 4.69) is 15.6 Å². The minimum atomic E-state index is -0.231. The van der Waals surface area contributed by atoms with Gasteiger partial charge in [0.05, 0.1) is 18.5 Å². The summed E-state index contributed by atoms with van der Waals surface area (Å²) < 4.78 is 5.43. The molecule has 5 heteroatoms. The van der Waals surface area contributed by atoms with Crippen molar-refractivity contribution in [2.75, 3.05) is 17.2 Å². The average molecular weight is 361 g/mol. The predicted molar refractivity (Wildman–Crippen MR) is 109 cm³/mol. The molecule has 5 nitrogen and oxygen atoms in total. The zero-order valence-electron chi connectivity index (χ0n) is 15.7. The van der Waals surface area contributed by atoms with Crippen molar-refractivity contribution in [3.05, 3.63) is 77.6 Å². The lowest BCUT2D eigenvalue weighted by molar-refractivity contribution is 0.102. The molecule has 0 bridgehead atoms. The molecule has 0 saturated carbocycles. The Hall–Kier alpha value is -3.34. The van der Waals surface area contributed by atoms with E-state index >= 15 is 0 Å². The zero-order valence-corrected chi connectivity index (χ0v) is 15.7. The molecular weight excluding hydrogens is 338 g/mol. The highest BCUT2D eigenvalue weighted by Crippen LogP contribution is 2.20. The number of pyridine rings is 1. The van der Waals surface area contributed by atoms with Crippen LogP contribution in [0.5, 0.6) is 5.75 Å². The molecule has 138 valence electrons. The molecule has 1 heterocycles. The van der Waals surface area contributed by atoms with Gasteiger partial charge in [-0.05, 0) is 80.4 Å². The average Bonchev–Trinajstić information content (AvgIpc) is 2.67. The molecule has 0 aliphatic rings. The predicted octanol–water partition coefficient (Wildman–Crippen LogP) is 5.09. The van der Waals surface area contributed by atoms with Gasteiger partial charge in [-0.1, -0.05) is 6.07 Å². The van der Waals surface area contributed by atoms with Crippen LogP contribution in [0.3, 0.4) is 0 Å². The summed E-state index contributed by atoms with van der Waals surface area (Å²) in [6, 6.07) is 17.1. The highest BCUT2D eigenvalue weighted by molar-refractivity contribution is 6.03. The second kappa shape index (κ2) is 8.36.